The molecule has 1 aliphatic rings. The Morgan fingerprint density at radius 1 is 1.75 bits per heavy atom. The van der Waals surface area contributed by atoms with Gasteiger partial charge in [-0.2, -0.15) is 0 Å². The van der Waals surface area contributed by atoms with E-state index in [2.05, 4.69) is 0 Å². The Hall–Kier alpha value is -0.600. The average molecular weight is 111 g/mol. The maximum atomic E-state index is 10.5. The zero-order valence-electron chi connectivity index (χ0n) is 4.85. The molecule has 0 bridgehead atoms. The fourth-order valence-electron chi connectivity index (χ4n) is 0.708. The van der Waals surface area contributed by atoms with Crippen LogP contribution in [0.25, 0.3) is 0 Å². The van der Waals surface area contributed by atoms with E-state index >= 15 is 0 Å². The lowest BCUT2D eigenvalue weighted by Crippen LogP contribution is -3.01. The maximum absolute atomic E-state index is 10.5. The Bertz CT molecular complexity index is 135. The van der Waals surface area contributed by atoms with Crippen LogP contribution >= 0.6 is 0 Å². The van der Waals surface area contributed by atoms with Crippen LogP contribution in [-0.2, 0) is 0 Å². The van der Waals surface area contributed by atoms with Gasteiger partial charge >= 0.3 is 0 Å². The van der Waals surface area contributed by atoms with Gasteiger partial charge in [0.2, 0.25) is 0 Å². The van der Waals surface area contributed by atoms with Crippen LogP contribution in [-0.4, -0.2) is 7.05 Å². The van der Waals surface area contributed by atoms with E-state index in [-0.39, 0.29) is 5.06 Å². The molecule has 1 aliphatic carbocycles. The van der Waals surface area contributed by atoms with Crippen LogP contribution in [0.3, 0.4) is 0 Å². The molecule has 1 unspecified atom stereocenters. The summed E-state index contributed by atoms with van der Waals surface area (Å²) < 4.78 is 0. The largest absolute Gasteiger partial charge is 0.629 e. The first-order valence-corrected chi connectivity index (χ1v) is 2.67. The van der Waals surface area contributed by atoms with Crippen LogP contribution < -0.4 is 5.06 Å². The zero-order chi connectivity index (χ0) is 5.98. The molecule has 0 saturated heterocycles. The SMILES string of the molecule is C[NH+]([O-])C1=CC=CC1. The third kappa shape index (κ3) is 0.967. The molecule has 2 heteroatoms. The summed E-state index contributed by atoms with van der Waals surface area (Å²) in [5, 5.41) is 10.7. The van der Waals surface area contributed by atoms with Crippen molar-refractivity contribution in [2.24, 2.45) is 0 Å². The molecule has 2 nitrogen and oxygen atoms in total. The van der Waals surface area contributed by atoms with E-state index in [1.807, 2.05) is 18.2 Å². The van der Waals surface area contributed by atoms with E-state index in [1.165, 1.54) is 0 Å². The second-order valence-electron chi connectivity index (χ2n) is 1.88. The monoisotopic (exact) mass is 111 g/mol. The summed E-state index contributed by atoms with van der Waals surface area (Å²) >= 11 is 0. The van der Waals surface area contributed by atoms with Gasteiger partial charge in [-0.25, -0.2) is 0 Å². The minimum Gasteiger partial charge on any atom is -0.629 e. The standard InChI is InChI=1S/C6H9NO/c1-7(8)6-4-2-3-5-6/h2-4,7H,5H2,1H3. The molecule has 44 valence electrons. The number of hydroxylamine groups is 2. The lowest BCUT2D eigenvalue weighted by atomic mass is 10.4. The molecule has 0 heterocycles. The van der Waals surface area contributed by atoms with E-state index in [9.17, 15) is 5.21 Å². The first-order chi connectivity index (χ1) is 3.80. The van der Waals surface area contributed by atoms with Crippen LogP contribution in [0.2, 0.25) is 0 Å². The van der Waals surface area contributed by atoms with Crippen molar-refractivity contribution in [1.29, 1.82) is 0 Å². The van der Waals surface area contributed by atoms with Gasteiger partial charge in [0.1, 0.15) is 5.70 Å². The van der Waals surface area contributed by atoms with Gasteiger partial charge in [-0.1, -0.05) is 12.2 Å². The van der Waals surface area contributed by atoms with Crippen molar-refractivity contribution in [3.63, 3.8) is 0 Å². The van der Waals surface area contributed by atoms with Gasteiger partial charge in [0, 0.05) is 6.42 Å². The number of nitrogens with one attached hydrogen (secondary N) is 1. The van der Waals surface area contributed by atoms with Gasteiger partial charge < -0.3 is 10.3 Å². The minimum atomic E-state index is 0.190. The molecule has 0 aromatic carbocycles. The highest BCUT2D eigenvalue weighted by atomic mass is 16.5. The minimum absolute atomic E-state index is 0.190. The fourth-order valence-corrected chi connectivity index (χ4v) is 0.708. The number of allylic oxidation sites excluding steroid dienone is 3. The molecule has 0 aliphatic heterocycles. The second-order valence-corrected chi connectivity index (χ2v) is 1.88. The fraction of sp³-hybridized carbons (Fsp3) is 0.333. The van der Waals surface area contributed by atoms with Gasteiger partial charge in [0.05, 0.1) is 7.05 Å². The molecule has 8 heavy (non-hydrogen) atoms. The maximum Gasteiger partial charge on any atom is 0.111 e. The van der Waals surface area contributed by atoms with Crippen LogP contribution in [0.5, 0.6) is 0 Å². The van der Waals surface area contributed by atoms with Crippen LogP contribution in [0, 0.1) is 5.21 Å². The molecule has 0 aromatic rings. The first-order valence-electron chi connectivity index (χ1n) is 2.67. The van der Waals surface area contributed by atoms with Crippen molar-refractivity contribution in [1.82, 2.24) is 0 Å². The van der Waals surface area contributed by atoms with Crippen molar-refractivity contribution in [2.75, 3.05) is 7.05 Å². The molecule has 1 rings (SSSR count). The molecule has 0 saturated carbocycles. The van der Waals surface area contributed by atoms with Crippen LogP contribution in [0.4, 0.5) is 0 Å². The normalized spacial score (nSPS) is 21.0. The van der Waals surface area contributed by atoms with E-state index in [1.54, 1.807) is 7.05 Å². The topological polar surface area (TPSA) is 27.5 Å². The molecule has 0 radical (unpaired) electrons. The molecular weight excluding hydrogens is 102 g/mol. The zero-order valence-corrected chi connectivity index (χ0v) is 4.85. The van der Waals surface area contributed by atoms with Gasteiger partial charge in [-0.15, -0.1) is 0 Å². The van der Waals surface area contributed by atoms with Gasteiger partial charge in [0.15, 0.2) is 0 Å². The molecule has 0 fully saturated rings. The molecule has 0 amide bonds. The third-order valence-electron chi connectivity index (χ3n) is 1.22. The van der Waals surface area contributed by atoms with E-state index < -0.39 is 0 Å². The number of hydrogen-bond donors (Lipinski definition) is 1. The number of hydrogen-bond acceptors (Lipinski definition) is 1. The highest BCUT2D eigenvalue weighted by molar-refractivity contribution is 5.17. The molecular formula is C6H9NO. The Morgan fingerprint density at radius 2 is 2.50 bits per heavy atom. The van der Waals surface area contributed by atoms with Crippen molar-refractivity contribution in [3.05, 3.63) is 29.1 Å². The van der Waals surface area contributed by atoms with E-state index in [0.717, 1.165) is 12.1 Å². The molecule has 0 aromatic heterocycles. The van der Waals surface area contributed by atoms with Gasteiger partial charge in [-0.05, 0) is 6.08 Å². The highest BCUT2D eigenvalue weighted by Crippen LogP contribution is 2.01. The first kappa shape index (κ1) is 5.54. The Kier molecular flexibility index (Phi) is 1.46. The number of quaternary nitrogens is 1. The molecule has 1 N–H and O–H groups in total. The summed E-state index contributed by atoms with van der Waals surface area (Å²) in [5.41, 5.74) is 0.921. The van der Waals surface area contributed by atoms with Crippen LogP contribution in [0.15, 0.2) is 23.9 Å². The summed E-state index contributed by atoms with van der Waals surface area (Å²) in [4.78, 5) is 0. The predicted octanol–water partition coefficient (Wildman–Crippen LogP) is -0.157. The summed E-state index contributed by atoms with van der Waals surface area (Å²) in [6.07, 6.45) is 6.59. The smallest absolute Gasteiger partial charge is 0.111 e. The Morgan fingerprint density at radius 3 is 2.75 bits per heavy atom. The van der Waals surface area contributed by atoms with Crippen molar-refractivity contribution < 1.29 is 5.06 Å². The average Bonchev–Trinajstić information content (AvgIpc) is 2.12. The summed E-state index contributed by atoms with van der Waals surface area (Å²) in [6.45, 7) is 0. The summed E-state index contributed by atoms with van der Waals surface area (Å²) in [7, 11) is 1.60. The summed E-state index contributed by atoms with van der Waals surface area (Å²) in [5.74, 6) is 0. The van der Waals surface area contributed by atoms with E-state index in [4.69, 9.17) is 0 Å². The van der Waals surface area contributed by atoms with Crippen LogP contribution in [0.1, 0.15) is 6.42 Å². The van der Waals surface area contributed by atoms with Gasteiger partial charge in [0.25, 0.3) is 0 Å². The lowest BCUT2D eigenvalue weighted by molar-refractivity contribution is -0.783. The Labute approximate surface area is 48.7 Å². The summed E-state index contributed by atoms with van der Waals surface area (Å²) in [6, 6.07) is 0. The van der Waals surface area contributed by atoms with Crippen molar-refractivity contribution in [2.45, 2.75) is 6.42 Å². The molecule has 1 atom stereocenters. The lowest BCUT2D eigenvalue weighted by Gasteiger charge is -2.15. The van der Waals surface area contributed by atoms with Crippen molar-refractivity contribution >= 4 is 0 Å². The highest BCUT2D eigenvalue weighted by Gasteiger charge is 2.00. The van der Waals surface area contributed by atoms with Gasteiger partial charge in [-0.3, -0.25) is 0 Å². The molecule has 0 spiro atoms. The predicted molar refractivity (Wildman–Crippen MR) is 32.1 cm³/mol. The van der Waals surface area contributed by atoms with Crippen molar-refractivity contribution in [3.8, 4) is 0 Å². The Balaban J connectivity index is 2.51. The number of rotatable bonds is 1. The third-order valence-corrected chi connectivity index (χ3v) is 1.22. The second kappa shape index (κ2) is 2.11. The van der Waals surface area contributed by atoms with E-state index in [0.29, 0.717) is 0 Å². The quantitative estimate of drug-likeness (QED) is 0.468.